The van der Waals surface area contributed by atoms with Crippen LogP contribution < -0.4 is 4.74 Å². The molecule has 2 aliphatic rings. The van der Waals surface area contributed by atoms with Gasteiger partial charge in [-0.05, 0) is 30.5 Å². The summed E-state index contributed by atoms with van der Waals surface area (Å²) in [5, 5.41) is 0. The summed E-state index contributed by atoms with van der Waals surface area (Å²) in [6, 6.07) is 20.7. The highest BCUT2D eigenvalue weighted by atomic mass is 16.5. The third kappa shape index (κ3) is 5.17. The highest BCUT2D eigenvalue weighted by Gasteiger charge is 2.31. The van der Waals surface area contributed by atoms with Crippen molar-refractivity contribution >= 4 is 5.91 Å². The normalized spacial score (nSPS) is 19.7. The van der Waals surface area contributed by atoms with Crippen molar-refractivity contribution in [2.24, 2.45) is 5.92 Å². The van der Waals surface area contributed by atoms with E-state index in [2.05, 4.69) is 29.2 Å². The van der Waals surface area contributed by atoms with Gasteiger partial charge in [0.25, 0.3) is 0 Å². The monoisotopic (exact) mass is 394 g/mol. The van der Waals surface area contributed by atoms with Gasteiger partial charge in [-0.25, -0.2) is 0 Å². The Morgan fingerprint density at radius 1 is 0.931 bits per heavy atom. The second-order valence-electron chi connectivity index (χ2n) is 7.80. The van der Waals surface area contributed by atoms with Crippen LogP contribution in [0.15, 0.2) is 60.7 Å². The van der Waals surface area contributed by atoms with E-state index in [0.29, 0.717) is 25.7 Å². The zero-order valence-corrected chi connectivity index (χ0v) is 16.9. The van der Waals surface area contributed by atoms with Crippen LogP contribution in [0.1, 0.15) is 24.4 Å². The van der Waals surface area contributed by atoms with Crippen LogP contribution in [0.25, 0.3) is 0 Å². The number of rotatable bonds is 6. The zero-order valence-electron chi connectivity index (χ0n) is 16.9. The Labute approximate surface area is 173 Å². The van der Waals surface area contributed by atoms with Crippen LogP contribution in [0.5, 0.6) is 5.75 Å². The SMILES string of the molecule is O=C(C1CCOCC1)N1CCN(C(COc2ccccc2)c2ccccc2)CC1. The molecule has 2 fully saturated rings. The molecule has 0 radical (unpaired) electrons. The van der Waals surface area contributed by atoms with Crippen molar-refractivity contribution in [2.75, 3.05) is 46.0 Å². The standard InChI is InChI=1S/C24H30N2O3/c27-24(21-11-17-28-18-12-21)26-15-13-25(14-16-26)23(20-7-3-1-4-8-20)19-29-22-9-5-2-6-10-22/h1-10,21,23H,11-19H2. The van der Waals surface area contributed by atoms with E-state index in [1.165, 1.54) is 5.56 Å². The number of nitrogens with zero attached hydrogens (tertiary/aromatic N) is 2. The van der Waals surface area contributed by atoms with Crippen molar-refractivity contribution in [1.82, 2.24) is 9.80 Å². The Hall–Kier alpha value is -2.37. The number of amides is 1. The summed E-state index contributed by atoms with van der Waals surface area (Å²) in [6.45, 7) is 5.32. The highest BCUT2D eigenvalue weighted by Crippen LogP contribution is 2.25. The molecule has 0 aromatic heterocycles. The lowest BCUT2D eigenvalue weighted by atomic mass is 9.98. The molecule has 2 aromatic carbocycles. The molecule has 2 saturated heterocycles. The van der Waals surface area contributed by atoms with E-state index in [-0.39, 0.29) is 12.0 Å². The van der Waals surface area contributed by atoms with Gasteiger partial charge in [-0.2, -0.15) is 0 Å². The van der Waals surface area contributed by atoms with E-state index < -0.39 is 0 Å². The maximum atomic E-state index is 12.8. The van der Waals surface area contributed by atoms with E-state index in [1.54, 1.807) is 0 Å². The van der Waals surface area contributed by atoms with Gasteiger partial charge < -0.3 is 14.4 Å². The first-order valence-corrected chi connectivity index (χ1v) is 10.6. The Kier molecular flexibility index (Phi) is 6.80. The number of ether oxygens (including phenoxy) is 2. The summed E-state index contributed by atoms with van der Waals surface area (Å²) in [6.07, 6.45) is 1.72. The molecule has 1 atom stereocenters. The molecular weight excluding hydrogens is 364 g/mol. The molecule has 0 spiro atoms. The summed E-state index contributed by atoms with van der Waals surface area (Å²) in [7, 11) is 0. The molecule has 1 amide bonds. The van der Waals surface area contributed by atoms with E-state index >= 15 is 0 Å². The first-order chi connectivity index (χ1) is 14.3. The minimum Gasteiger partial charge on any atom is -0.492 e. The Morgan fingerprint density at radius 3 is 2.21 bits per heavy atom. The first-order valence-electron chi connectivity index (χ1n) is 10.6. The van der Waals surface area contributed by atoms with Crippen molar-refractivity contribution < 1.29 is 14.3 Å². The number of benzene rings is 2. The first kappa shape index (κ1) is 19.9. The third-order valence-electron chi connectivity index (χ3n) is 5.97. The van der Waals surface area contributed by atoms with Gasteiger partial charge in [0.05, 0.1) is 6.04 Å². The van der Waals surface area contributed by atoms with Gasteiger partial charge in [0, 0.05) is 45.3 Å². The average Bonchev–Trinajstić information content (AvgIpc) is 2.81. The fourth-order valence-corrected chi connectivity index (χ4v) is 4.24. The van der Waals surface area contributed by atoms with Gasteiger partial charge in [-0.3, -0.25) is 9.69 Å². The second-order valence-corrected chi connectivity index (χ2v) is 7.80. The van der Waals surface area contributed by atoms with Crippen LogP contribution >= 0.6 is 0 Å². The van der Waals surface area contributed by atoms with Gasteiger partial charge in [-0.15, -0.1) is 0 Å². The molecule has 29 heavy (non-hydrogen) atoms. The topological polar surface area (TPSA) is 42.0 Å². The molecule has 2 aromatic rings. The van der Waals surface area contributed by atoms with Crippen molar-refractivity contribution in [3.05, 3.63) is 66.2 Å². The summed E-state index contributed by atoms with van der Waals surface area (Å²) >= 11 is 0. The van der Waals surface area contributed by atoms with E-state index in [4.69, 9.17) is 9.47 Å². The van der Waals surface area contributed by atoms with Crippen LogP contribution in [-0.4, -0.2) is 61.7 Å². The van der Waals surface area contributed by atoms with Gasteiger partial charge in [0.1, 0.15) is 12.4 Å². The van der Waals surface area contributed by atoms with E-state index in [1.807, 2.05) is 41.3 Å². The number of carbonyl (C=O) groups is 1. The molecule has 154 valence electrons. The van der Waals surface area contributed by atoms with Gasteiger partial charge in [-0.1, -0.05) is 48.5 Å². The molecule has 0 bridgehead atoms. The van der Waals surface area contributed by atoms with Crippen molar-refractivity contribution in [3.63, 3.8) is 0 Å². The lowest BCUT2D eigenvalue weighted by molar-refractivity contribution is -0.140. The van der Waals surface area contributed by atoms with Crippen LogP contribution in [0.3, 0.4) is 0 Å². The molecule has 2 heterocycles. The van der Waals surface area contributed by atoms with Gasteiger partial charge >= 0.3 is 0 Å². The fourth-order valence-electron chi connectivity index (χ4n) is 4.24. The Bertz CT molecular complexity index is 754. The fraction of sp³-hybridized carbons (Fsp3) is 0.458. The lowest BCUT2D eigenvalue weighted by Gasteiger charge is -2.40. The summed E-state index contributed by atoms with van der Waals surface area (Å²) in [4.78, 5) is 17.3. The van der Waals surface area contributed by atoms with Crippen LogP contribution in [0, 0.1) is 5.92 Å². The minimum atomic E-state index is 0.140. The summed E-state index contributed by atoms with van der Waals surface area (Å²) < 4.78 is 11.5. The molecule has 5 heteroatoms. The van der Waals surface area contributed by atoms with Crippen molar-refractivity contribution in [2.45, 2.75) is 18.9 Å². The molecular formula is C24H30N2O3. The number of hydrogen-bond acceptors (Lipinski definition) is 4. The summed E-state index contributed by atoms with van der Waals surface area (Å²) in [5.74, 6) is 1.34. The predicted octanol–water partition coefficient (Wildman–Crippen LogP) is 3.38. The molecule has 0 aliphatic carbocycles. The number of hydrogen-bond donors (Lipinski definition) is 0. The maximum absolute atomic E-state index is 12.8. The van der Waals surface area contributed by atoms with E-state index in [9.17, 15) is 4.79 Å². The molecule has 2 aliphatic heterocycles. The van der Waals surface area contributed by atoms with Gasteiger partial charge in [0.2, 0.25) is 5.91 Å². The van der Waals surface area contributed by atoms with Gasteiger partial charge in [0.15, 0.2) is 0 Å². The van der Waals surface area contributed by atoms with Crippen molar-refractivity contribution in [1.29, 1.82) is 0 Å². The predicted molar refractivity (Wildman–Crippen MR) is 113 cm³/mol. The summed E-state index contributed by atoms with van der Waals surface area (Å²) in [5.41, 5.74) is 1.26. The van der Waals surface area contributed by atoms with Crippen LogP contribution in [-0.2, 0) is 9.53 Å². The Morgan fingerprint density at radius 2 is 1.55 bits per heavy atom. The number of carbonyl (C=O) groups excluding carboxylic acids is 1. The smallest absolute Gasteiger partial charge is 0.225 e. The van der Waals surface area contributed by atoms with Crippen LogP contribution in [0.4, 0.5) is 0 Å². The molecule has 0 saturated carbocycles. The third-order valence-corrected chi connectivity index (χ3v) is 5.97. The highest BCUT2D eigenvalue weighted by molar-refractivity contribution is 5.79. The Balaban J connectivity index is 1.38. The molecule has 5 nitrogen and oxygen atoms in total. The van der Waals surface area contributed by atoms with Crippen molar-refractivity contribution in [3.8, 4) is 5.75 Å². The minimum absolute atomic E-state index is 0.140. The maximum Gasteiger partial charge on any atom is 0.225 e. The average molecular weight is 395 g/mol. The lowest BCUT2D eigenvalue weighted by Crippen LogP contribution is -2.52. The largest absolute Gasteiger partial charge is 0.492 e. The molecule has 4 rings (SSSR count). The number of piperazine rings is 1. The van der Waals surface area contributed by atoms with Crippen LogP contribution in [0.2, 0.25) is 0 Å². The second kappa shape index (κ2) is 9.90. The van der Waals surface area contributed by atoms with E-state index in [0.717, 1.165) is 44.8 Å². The number of para-hydroxylation sites is 1. The molecule has 1 unspecified atom stereocenters. The molecule has 0 N–H and O–H groups in total. The quantitative estimate of drug-likeness (QED) is 0.753. The zero-order chi connectivity index (χ0) is 19.9.